The quantitative estimate of drug-likeness (QED) is 0.863. The van der Waals surface area contributed by atoms with E-state index in [0.717, 1.165) is 19.3 Å². The Morgan fingerprint density at radius 1 is 1.10 bits per heavy atom. The number of carboxylic acid groups (broad SMARTS) is 1. The van der Waals surface area contributed by atoms with Crippen LogP contribution in [-0.4, -0.2) is 42.1 Å². The molecule has 2 aliphatic rings. The minimum atomic E-state index is -3.48. The maximum absolute atomic E-state index is 12.8. The second-order valence-corrected chi connectivity index (χ2v) is 8.94. The van der Waals surface area contributed by atoms with Crippen LogP contribution in [0.5, 0.6) is 0 Å². The largest absolute Gasteiger partial charge is 0.481 e. The third-order valence-electron chi connectivity index (χ3n) is 5.19. The number of carbonyl (C=O) groups is 1. The summed E-state index contributed by atoms with van der Waals surface area (Å²) in [6.45, 7) is 5.47. The van der Waals surface area contributed by atoms with Crippen LogP contribution in [0.4, 0.5) is 0 Å². The van der Waals surface area contributed by atoms with E-state index in [-0.39, 0.29) is 0 Å². The number of hydrogen-bond donors (Lipinski definition) is 1. The first-order valence-electron chi connectivity index (χ1n) is 8.05. The van der Waals surface area contributed by atoms with Gasteiger partial charge in [-0.1, -0.05) is 20.3 Å². The van der Waals surface area contributed by atoms with E-state index in [1.54, 1.807) is 4.31 Å². The fourth-order valence-corrected chi connectivity index (χ4v) is 6.03. The summed E-state index contributed by atoms with van der Waals surface area (Å²) in [5.74, 6) is -0.537. The van der Waals surface area contributed by atoms with Gasteiger partial charge in [0.1, 0.15) is 0 Å². The van der Waals surface area contributed by atoms with Crippen molar-refractivity contribution in [2.75, 3.05) is 13.1 Å². The van der Waals surface area contributed by atoms with Crippen molar-refractivity contribution in [1.82, 2.24) is 4.31 Å². The van der Waals surface area contributed by atoms with E-state index in [1.807, 2.05) is 0 Å². The Morgan fingerprint density at radius 3 is 2.43 bits per heavy atom. The SMILES string of the molecule is CC(C)C1CCCN(S(=O)(=O)C2CCCC2C(=O)O)CC1. The van der Waals surface area contributed by atoms with Gasteiger partial charge >= 0.3 is 5.97 Å². The van der Waals surface area contributed by atoms with E-state index >= 15 is 0 Å². The van der Waals surface area contributed by atoms with Gasteiger partial charge < -0.3 is 5.11 Å². The van der Waals surface area contributed by atoms with Gasteiger partial charge in [0.25, 0.3) is 0 Å². The molecule has 5 nitrogen and oxygen atoms in total. The van der Waals surface area contributed by atoms with Crippen LogP contribution in [0, 0.1) is 17.8 Å². The van der Waals surface area contributed by atoms with Crippen molar-refractivity contribution < 1.29 is 18.3 Å². The lowest BCUT2D eigenvalue weighted by atomic mass is 9.89. The number of sulfonamides is 1. The number of nitrogens with zero attached hydrogens (tertiary/aromatic N) is 1. The lowest BCUT2D eigenvalue weighted by Crippen LogP contribution is -2.42. The predicted octanol–water partition coefficient (Wildman–Crippen LogP) is 2.33. The molecule has 3 atom stereocenters. The molecule has 2 rings (SSSR count). The highest BCUT2D eigenvalue weighted by Crippen LogP contribution is 2.35. The van der Waals surface area contributed by atoms with Gasteiger partial charge in [0, 0.05) is 13.1 Å². The first kappa shape index (κ1) is 16.7. The standard InChI is InChI=1S/C15H27NO4S/c1-11(2)12-5-4-9-16(10-8-12)21(19,20)14-7-3-6-13(14)15(17)18/h11-14H,3-10H2,1-2H3,(H,17,18). The average molecular weight is 317 g/mol. The molecule has 0 bridgehead atoms. The molecule has 0 spiro atoms. The molecule has 122 valence electrons. The third-order valence-corrected chi connectivity index (χ3v) is 7.60. The topological polar surface area (TPSA) is 74.7 Å². The summed E-state index contributed by atoms with van der Waals surface area (Å²) in [6, 6.07) is 0. The smallest absolute Gasteiger partial charge is 0.307 e. The molecule has 21 heavy (non-hydrogen) atoms. The fourth-order valence-electron chi connectivity index (χ4n) is 3.77. The summed E-state index contributed by atoms with van der Waals surface area (Å²) in [5, 5.41) is 8.52. The molecule has 1 aliphatic carbocycles. The monoisotopic (exact) mass is 317 g/mol. The molecule has 6 heteroatoms. The summed E-state index contributed by atoms with van der Waals surface area (Å²) in [7, 11) is -3.48. The minimum absolute atomic E-state index is 0.488. The second-order valence-electron chi connectivity index (χ2n) is 6.79. The van der Waals surface area contributed by atoms with Crippen molar-refractivity contribution in [1.29, 1.82) is 0 Å². The molecular weight excluding hydrogens is 290 g/mol. The van der Waals surface area contributed by atoms with Gasteiger partial charge in [0.15, 0.2) is 0 Å². The number of rotatable bonds is 4. The van der Waals surface area contributed by atoms with E-state index < -0.39 is 27.2 Å². The molecule has 0 radical (unpaired) electrons. The summed E-state index contributed by atoms with van der Waals surface area (Å²) >= 11 is 0. The zero-order chi connectivity index (χ0) is 15.6. The predicted molar refractivity (Wildman–Crippen MR) is 81.4 cm³/mol. The van der Waals surface area contributed by atoms with Crippen LogP contribution in [0.3, 0.4) is 0 Å². The molecule has 1 saturated heterocycles. The van der Waals surface area contributed by atoms with Crippen LogP contribution >= 0.6 is 0 Å². The molecule has 1 aliphatic heterocycles. The first-order valence-corrected chi connectivity index (χ1v) is 9.56. The number of hydrogen-bond acceptors (Lipinski definition) is 3. The minimum Gasteiger partial charge on any atom is -0.481 e. The summed E-state index contributed by atoms with van der Waals surface area (Å²) in [5.41, 5.74) is 0. The molecule has 3 unspecified atom stereocenters. The van der Waals surface area contributed by atoms with E-state index in [2.05, 4.69) is 13.8 Å². The summed E-state index contributed by atoms with van der Waals surface area (Å²) in [4.78, 5) is 11.3. The Balaban J connectivity index is 2.10. The molecule has 0 aromatic heterocycles. The molecule has 1 saturated carbocycles. The molecule has 1 heterocycles. The van der Waals surface area contributed by atoms with Gasteiger partial charge in [-0.3, -0.25) is 4.79 Å². The first-order chi connectivity index (χ1) is 9.84. The second kappa shape index (κ2) is 6.65. The van der Waals surface area contributed by atoms with Crippen molar-refractivity contribution in [3.05, 3.63) is 0 Å². The highest BCUT2D eigenvalue weighted by Gasteiger charge is 2.44. The summed E-state index contributed by atoms with van der Waals surface area (Å²) < 4.78 is 27.2. The van der Waals surface area contributed by atoms with E-state index in [0.29, 0.717) is 44.2 Å². The summed E-state index contributed by atoms with van der Waals surface area (Å²) in [6.07, 6.45) is 4.51. The zero-order valence-electron chi connectivity index (χ0n) is 13.0. The van der Waals surface area contributed by atoms with Gasteiger partial charge in [-0.25, -0.2) is 12.7 Å². The van der Waals surface area contributed by atoms with Crippen LogP contribution < -0.4 is 0 Å². The van der Waals surface area contributed by atoms with Gasteiger partial charge in [-0.2, -0.15) is 0 Å². The van der Waals surface area contributed by atoms with Crippen LogP contribution in [0.2, 0.25) is 0 Å². The van der Waals surface area contributed by atoms with Gasteiger partial charge in [0.05, 0.1) is 11.2 Å². The average Bonchev–Trinajstić information content (AvgIpc) is 2.76. The Labute approximate surface area is 127 Å². The fraction of sp³-hybridized carbons (Fsp3) is 0.933. The lowest BCUT2D eigenvalue weighted by Gasteiger charge is -2.26. The van der Waals surface area contributed by atoms with E-state index in [1.165, 1.54) is 0 Å². The Morgan fingerprint density at radius 2 is 1.81 bits per heavy atom. The highest BCUT2D eigenvalue weighted by atomic mass is 32.2. The molecule has 1 N–H and O–H groups in total. The molecule has 0 amide bonds. The van der Waals surface area contributed by atoms with E-state index in [9.17, 15) is 18.3 Å². The Hall–Kier alpha value is -0.620. The van der Waals surface area contributed by atoms with Crippen LogP contribution in [0.25, 0.3) is 0 Å². The molecule has 2 fully saturated rings. The van der Waals surface area contributed by atoms with E-state index in [4.69, 9.17) is 0 Å². The van der Waals surface area contributed by atoms with Crippen LogP contribution in [0.1, 0.15) is 52.4 Å². The number of carboxylic acids is 1. The van der Waals surface area contributed by atoms with Crippen molar-refractivity contribution in [2.24, 2.45) is 17.8 Å². The van der Waals surface area contributed by atoms with Crippen molar-refractivity contribution in [3.63, 3.8) is 0 Å². The van der Waals surface area contributed by atoms with Gasteiger partial charge in [0.2, 0.25) is 10.0 Å². The molecule has 0 aromatic rings. The van der Waals surface area contributed by atoms with Gasteiger partial charge in [-0.15, -0.1) is 0 Å². The van der Waals surface area contributed by atoms with Crippen molar-refractivity contribution in [2.45, 2.75) is 57.6 Å². The van der Waals surface area contributed by atoms with Crippen molar-refractivity contribution in [3.8, 4) is 0 Å². The zero-order valence-corrected chi connectivity index (χ0v) is 13.8. The lowest BCUT2D eigenvalue weighted by molar-refractivity contribution is -0.141. The third kappa shape index (κ3) is 3.59. The van der Waals surface area contributed by atoms with Crippen LogP contribution in [-0.2, 0) is 14.8 Å². The van der Waals surface area contributed by atoms with Gasteiger partial charge in [-0.05, 0) is 43.9 Å². The maximum atomic E-state index is 12.8. The number of aliphatic carboxylic acids is 1. The molecule has 0 aromatic carbocycles. The molecular formula is C15H27NO4S. The Bertz CT molecular complexity index is 474. The van der Waals surface area contributed by atoms with Crippen LogP contribution in [0.15, 0.2) is 0 Å². The Kier molecular flexibility index (Phi) is 5.30. The maximum Gasteiger partial charge on any atom is 0.307 e. The van der Waals surface area contributed by atoms with Crippen molar-refractivity contribution >= 4 is 16.0 Å². The highest BCUT2D eigenvalue weighted by molar-refractivity contribution is 7.89. The normalized spacial score (nSPS) is 32.2.